The van der Waals surface area contributed by atoms with Gasteiger partial charge < -0.3 is 0 Å². The van der Waals surface area contributed by atoms with Gasteiger partial charge in [-0.05, 0) is 98.9 Å². The molecule has 0 saturated heterocycles. The summed E-state index contributed by atoms with van der Waals surface area (Å²) < 4.78 is 0. The topological polar surface area (TPSA) is 0 Å². The van der Waals surface area contributed by atoms with Crippen LogP contribution in [0.15, 0.2) is 35.4 Å². The van der Waals surface area contributed by atoms with Crippen LogP contribution in [0.2, 0.25) is 0 Å². The fourth-order valence-corrected chi connectivity index (χ4v) is 3.61. The molecule has 0 nitrogen and oxygen atoms in total. The molecular weight excluding hydrogens is 288 g/mol. The second-order valence-corrected chi connectivity index (χ2v) is 7.61. The molecule has 0 aliphatic heterocycles. The lowest BCUT2D eigenvalue weighted by atomic mass is 10.0. The van der Waals surface area contributed by atoms with Crippen molar-refractivity contribution in [2.24, 2.45) is 0 Å². The Morgan fingerprint density at radius 1 is 0.500 bits per heavy atom. The van der Waals surface area contributed by atoms with Crippen LogP contribution >= 0.6 is 0 Å². The molecule has 4 rings (SSSR count). The Labute approximate surface area is 146 Å². The summed E-state index contributed by atoms with van der Waals surface area (Å²) in [6, 6.07) is 9.22. The molecule has 0 atom stereocenters. The fraction of sp³-hybridized carbons (Fsp3) is 0.333. The molecule has 0 radical (unpaired) electrons. The number of hydrogen-bond donors (Lipinski definition) is 0. The molecule has 0 saturated carbocycles. The zero-order valence-corrected chi connectivity index (χ0v) is 15.9. The average Bonchev–Trinajstić information content (AvgIpc) is 3.01. The summed E-state index contributed by atoms with van der Waals surface area (Å²) in [5.74, 6) is 0. The molecule has 0 spiro atoms. The third kappa shape index (κ3) is 3.38. The van der Waals surface area contributed by atoms with Crippen molar-refractivity contribution < 1.29 is 0 Å². The van der Waals surface area contributed by atoms with E-state index < -0.39 is 0 Å². The van der Waals surface area contributed by atoms with E-state index in [-0.39, 0.29) is 0 Å². The van der Waals surface area contributed by atoms with Crippen molar-refractivity contribution in [2.75, 3.05) is 0 Å². The molecule has 0 heteroatoms. The van der Waals surface area contributed by atoms with Gasteiger partial charge in [0.15, 0.2) is 0 Å². The monoisotopic (exact) mass is 316 g/mol. The summed E-state index contributed by atoms with van der Waals surface area (Å²) in [6.07, 6.45) is 6.89. The lowest BCUT2D eigenvalue weighted by Crippen LogP contribution is -1.87. The van der Waals surface area contributed by atoms with E-state index in [2.05, 4.69) is 78.0 Å². The second-order valence-electron chi connectivity index (χ2n) is 7.61. The van der Waals surface area contributed by atoms with Crippen LogP contribution in [0.4, 0.5) is 0 Å². The quantitative estimate of drug-likeness (QED) is 0.518. The van der Waals surface area contributed by atoms with Gasteiger partial charge in [0.25, 0.3) is 0 Å². The second kappa shape index (κ2) is 6.43. The van der Waals surface area contributed by atoms with Gasteiger partial charge in [-0.2, -0.15) is 0 Å². The summed E-state index contributed by atoms with van der Waals surface area (Å²) >= 11 is 0. The Kier molecular flexibility index (Phi) is 4.49. The van der Waals surface area contributed by atoms with Crippen molar-refractivity contribution in [2.45, 2.75) is 54.4 Å². The van der Waals surface area contributed by atoms with Crippen LogP contribution < -0.4 is 0 Å². The van der Waals surface area contributed by atoms with Gasteiger partial charge in [-0.25, -0.2) is 0 Å². The predicted octanol–water partition coefficient (Wildman–Crippen LogP) is 6.53. The predicted molar refractivity (Wildman–Crippen MR) is 107 cm³/mol. The number of rotatable bonds is 0. The van der Waals surface area contributed by atoms with Gasteiger partial charge in [-0.1, -0.05) is 47.6 Å². The molecular formula is C24H28. The highest BCUT2D eigenvalue weighted by Gasteiger charge is 2.11. The van der Waals surface area contributed by atoms with E-state index in [1.165, 1.54) is 55.7 Å². The van der Waals surface area contributed by atoms with E-state index in [0.29, 0.717) is 0 Å². The van der Waals surface area contributed by atoms with Crippen LogP contribution in [0.1, 0.15) is 58.4 Å². The SMILES string of the molecule is CC1=Cc2cc(C)c(C)cc2C1.CC1=Cc2cc(C)c(C)cc2C1. The first kappa shape index (κ1) is 16.8. The van der Waals surface area contributed by atoms with E-state index in [0.717, 1.165) is 12.8 Å². The Balaban J connectivity index is 0.000000141. The summed E-state index contributed by atoms with van der Waals surface area (Å²) in [6.45, 7) is 13.1. The molecule has 0 N–H and O–H groups in total. The number of hydrogen-bond acceptors (Lipinski definition) is 0. The minimum Gasteiger partial charge on any atom is -0.0683 e. The maximum absolute atomic E-state index is 2.32. The van der Waals surface area contributed by atoms with Gasteiger partial charge in [-0.15, -0.1) is 0 Å². The van der Waals surface area contributed by atoms with E-state index >= 15 is 0 Å². The van der Waals surface area contributed by atoms with Crippen molar-refractivity contribution >= 4 is 12.2 Å². The average molecular weight is 316 g/mol. The van der Waals surface area contributed by atoms with Crippen molar-refractivity contribution in [3.8, 4) is 0 Å². The smallest absolute Gasteiger partial charge is 0.00605 e. The fourth-order valence-electron chi connectivity index (χ4n) is 3.61. The maximum atomic E-state index is 2.32. The number of aryl methyl sites for hydroxylation is 4. The number of benzene rings is 2. The van der Waals surface area contributed by atoms with Gasteiger partial charge in [0.05, 0.1) is 0 Å². The lowest BCUT2D eigenvalue weighted by Gasteiger charge is -2.03. The first-order valence-electron chi connectivity index (χ1n) is 8.88. The lowest BCUT2D eigenvalue weighted by molar-refractivity contribution is 1.17. The highest BCUT2D eigenvalue weighted by molar-refractivity contribution is 5.65. The highest BCUT2D eigenvalue weighted by Crippen LogP contribution is 2.28. The van der Waals surface area contributed by atoms with Crippen molar-refractivity contribution in [1.82, 2.24) is 0 Å². The molecule has 0 bridgehead atoms. The molecule has 124 valence electrons. The van der Waals surface area contributed by atoms with E-state index in [1.807, 2.05) is 0 Å². The Hall–Kier alpha value is -2.08. The zero-order chi connectivity index (χ0) is 17.4. The van der Waals surface area contributed by atoms with Gasteiger partial charge in [-0.3, -0.25) is 0 Å². The Morgan fingerprint density at radius 2 is 0.833 bits per heavy atom. The van der Waals surface area contributed by atoms with Crippen LogP contribution in [0.3, 0.4) is 0 Å². The van der Waals surface area contributed by atoms with Gasteiger partial charge in [0, 0.05) is 0 Å². The van der Waals surface area contributed by atoms with Crippen molar-refractivity contribution in [3.05, 3.63) is 79.9 Å². The van der Waals surface area contributed by atoms with E-state index in [1.54, 1.807) is 0 Å². The Morgan fingerprint density at radius 3 is 1.21 bits per heavy atom. The summed E-state index contributed by atoms with van der Waals surface area (Å²) in [7, 11) is 0. The van der Waals surface area contributed by atoms with Crippen LogP contribution in [-0.4, -0.2) is 0 Å². The molecule has 2 aliphatic carbocycles. The van der Waals surface area contributed by atoms with E-state index in [4.69, 9.17) is 0 Å². The minimum atomic E-state index is 1.15. The third-order valence-corrected chi connectivity index (χ3v) is 5.25. The van der Waals surface area contributed by atoms with Crippen LogP contribution in [-0.2, 0) is 12.8 Å². The first-order valence-corrected chi connectivity index (χ1v) is 8.88. The molecule has 0 amide bonds. The number of fused-ring (bicyclic) bond motifs is 2. The van der Waals surface area contributed by atoms with E-state index in [9.17, 15) is 0 Å². The molecule has 2 aromatic carbocycles. The molecule has 0 heterocycles. The summed E-state index contributed by atoms with van der Waals surface area (Å²) in [4.78, 5) is 0. The van der Waals surface area contributed by atoms with Crippen molar-refractivity contribution in [1.29, 1.82) is 0 Å². The van der Waals surface area contributed by atoms with Crippen LogP contribution in [0.5, 0.6) is 0 Å². The molecule has 0 aromatic heterocycles. The molecule has 24 heavy (non-hydrogen) atoms. The first-order chi connectivity index (χ1) is 11.3. The molecule has 2 aromatic rings. The van der Waals surface area contributed by atoms with Gasteiger partial charge in [0.2, 0.25) is 0 Å². The third-order valence-electron chi connectivity index (χ3n) is 5.25. The Bertz CT molecular complexity index is 787. The largest absolute Gasteiger partial charge is 0.0683 e. The maximum Gasteiger partial charge on any atom is -0.00605 e. The molecule has 2 aliphatic rings. The van der Waals surface area contributed by atoms with Gasteiger partial charge in [0.1, 0.15) is 0 Å². The molecule has 0 fully saturated rings. The normalized spacial score (nSPS) is 14.4. The van der Waals surface area contributed by atoms with Crippen LogP contribution in [0.25, 0.3) is 12.2 Å². The van der Waals surface area contributed by atoms with Crippen LogP contribution in [0, 0.1) is 27.7 Å². The summed E-state index contributed by atoms with van der Waals surface area (Å²) in [5.41, 5.74) is 14.4. The zero-order valence-electron chi connectivity index (χ0n) is 15.9. The highest BCUT2D eigenvalue weighted by atomic mass is 14.2. The minimum absolute atomic E-state index is 1.15. The summed E-state index contributed by atoms with van der Waals surface area (Å²) in [5, 5.41) is 0. The van der Waals surface area contributed by atoms with Crippen molar-refractivity contribution in [3.63, 3.8) is 0 Å². The number of allylic oxidation sites excluding steroid dienone is 2. The molecule has 0 unspecified atom stereocenters. The van der Waals surface area contributed by atoms with Gasteiger partial charge >= 0.3 is 0 Å². The standard InChI is InChI=1S/2C12H14/c2*1-8-4-11-6-9(2)10(3)7-12(11)5-8/h2*4,6-7H,5H2,1-3H3.